The fraction of sp³-hybridized carbons (Fsp3) is 0.857. The normalized spacial score (nSPS) is 26.9. The van der Waals surface area contributed by atoms with Crippen LogP contribution in [0.3, 0.4) is 0 Å². The maximum atomic E-state index is 11.9. The highest BCUT2D eigenvalue weighted by Crippen LogP contribution is 2.37. The molecule has 1 fully saturated rings. The van der Waals surface area contributed by atoms with Gasteiger partial charge in [-0.2, -0.15) is 0 Å². The summed E-state index contributed by atoms with van der Waals surface area (Å²) in [4.78, 5) is 23.8. The van der Waals surface area contributed by atoms with Crippen LogP contribution in [0.15, 0.2) is 0 Å². The van der Waals surface area contributed by atoms with Crippen LogP contribution in [-0.4, -0.2) is 25.2 Å². The van der Waals surface area contributed by atoms with Crippen LogP contribution >= 0.6 is 0 Å². The summed E-state index contributed by atoms with van der Waals surface area (Å²) >= 11 is 0. The number of esters is 2. The first-order chi connectivity index (χ1) is 8.60. The number of carbonyl (C=O) groups excluding carboxylic acids is 2. The summed E-state index contributed by atoms with van der Waals surface area (Å²) < 4.78 is 10.3. The molecule has 4 nitrogen and oxygen atoms in total. The van der Waals surface area contributed by atoms with Crippen molar-refractivity contribution in [2.45, 2.75) is 46.5 Å². The minimum Gasteiger partial charge on any atom is -0.465 e. The summed E-state index contributed by atoms with van der Waals surface area (Å²) in [6.07, 6.45) is 3.07. The Morgan fingerprint density at radius 2 is 1.33 bits per heavy atom. The number of hydrogen-bond acceptors (Lipinski definition) is 4. The molecule has 0 bridgehead atoms. The van der Waals surface area contributed by atoms with Crippen molar-refractivity contribution in [2.75, 3.05) is 13.2 Å². The summed E-state index contributed by atoms with van der Waals surface area (Å²) in [6.45, 7) is 6.84. The molecule has 0 aliphatic heterocycles. The van der Waals surface area contributed by atoms with Crippen LogP contribution in [0.25, 0.3) is 0 Å². The largest absolute Gasteiger partial charge is 0.465 e. The van der Waals surface area contributed by atoms with E-state index < -0.39 is 0 Å². The third-order valence-corrected chi connectivity index (χ3v) is 3.30. The highest BCUT2D eigenvalue weighted by Gasteiger charge is 2.42. The van der Waals surface area contributed by atoms with Crippen molar-refractivity contribution >= 4 is 11.9 Å². The summed E-state index contributed by atoms with van der Waals surface area (Å²) in [5, 5.41) is 0. The smallest absolute Gasteiger partial charge is 0.309 e. The molecular formula is C14H24O4. The van der Waals surface area contributed by atoms with E-state index in [1.54, 1.807) is 0 Å². The van der Waals surface area contributed by atoms with Gasteiger partial charge in [0.25, 0.3) is 0 Å². The first kappa shape index (κ1) is 15.0. The summed E-state index contributed by atoms with van der Waals surface area (Å²) in [5.74, 6) is -0.713. The lowest BCUT2D eigenvalue weighted by molar-refractivity contribution is -0.159. The second kappa shape index (κ2) is 7.39. The summed E-state index contributed by atoms with van der Waals surface area (Å²) in [7, 11) is 0. The second-order valence-corrected chi connectivity index (χ2v) is 5.12. The third kappa shape index (κ3) is 4.00. The summed E-state index contributed by atoms with van der Waals surface area (Å²) in [5.41, 5.74) is 0. The van der Waals surface area contributed by atoms with Gasteiger partial charge >= 0.3 is 11.9 Å². The fourth-order valence-corrected chi connectivity index (χ4v) is 2.43. The van der Waals surface area contributed by atoms with Gasteiger partial charge < -0.3 is 9.47 Å². The Balaban J connectivity index is 2.58. The zero-order valence-corrected chi connectivity index (χ0v) is 11.6. The Hall–Kier alpha value is -1.06. The Morgan fingerprint density at radius 1 is 0.944 bits per heavy atom. The highest BCUT2D eigenvalue weighted by molar-refractivity contribution is 5.82. The van der Waals surface area contributed by atoms with Gasteiger partial charge in [-0.25, -0.2) is 0 Å². The van der Waals surface area contributed by atoms with Gasteiger partial charge in [0, 0.05) is 0 Å². The van der Waals surface area contributed by atoms with Crippen molar-refractivity contribution in [1.82, 2.24) is 0 Å². The molecule has 18 heavy (non-hydrogen) atoms. The molecule has 0 aromatic carbocycles. The molecule has 4 heteroatoms. The van der Waals surface area contributed by atoms with Crippen LogP contribution in [0.5, 0.6) is 0 Å². The predicted octanol–water partition coefficient (Wildman–Crippen LogP) is 2.56. The molecule has 0 heterocycles. The van der Waals surface area contributed by atoms with Crippen molar-refractivity contribution in [3.63, 3.8) is 0 Å². The molecule has 104 valence electrons. The van der Waals surface area contributed by atoms with Gasteiger partial charge in [-0.15, -0.1) is 0 Å². The average molecular weight is 256 g/mol. The Kier molecular flexibility index (Phi) is 6.16. The maximum absolute atomic E-state index is 11.9. The number of hydrogen-bond donors (Lipinski definition) is 0. The van der Waals surface area contributed by atoms with Gasteiger partial charge in [-0.1, -0.05) is 20.8 Å². The molecular weight excluding hydrogens is 232 g/mol. The highest BCUT2D eigenvalue weighted by atomic mass is 16.5. The molecule has 0 radical (unpaired) electrons. The molecule has 0 aromatic rings. The van der Waals surface area contributed by atoms with Crippen molar-refractivity contribution < 1.29 is 19.1 Å². The maximum Gasteiger partial charge on any atom is 0.309 e. The number of carbonyl (C=O) groups is 2. The molecule has 0 N–H and O–H groups in total. The number of ether oxygens (including phenoxy) is 2. The summed E-state index contributed by atoms with van der Waals surface area (Å²) in [6, 6.07) is 0. The molecule has 1 rings (SSSR count). The molecule has 0 amide bonds. The van der Waals surface area contributed by atoms with E-state index >= 15 is 0 Å². The van der Waals surface area contributed by atoms with E-state index in [1.165, 1.54) is 0 Å². The fourth-order valence-electron chi connectivity index (χ4n) is 2.43. The van der Waals surface area contributed by atoms with Gasteiger partial charge in [0.1, 0.15) is 0 Å². The van der Waals surface area contributed by atoms with Crippen molar-refractivity contribution in [3.05, 3.63) is 0 Å². The van der Waals surface area contributed by atoms with Crippen molar-refractivity contribution in [2.24, 2.45) is 17.8 Å². The van der Waals surface area contributed by atoms with Gasteiger partial charge in [0.15, 0.2) is 0 Å². The van der Waals surface area contributed by atoms with Crippen LogP contribution in [0.2, 0.25) is 0 Å². The topological polar surface area (TPSA) is 52.6 Å². The molecule has 1 aliphatic rings. The molecule has 2 atom stereocenters. The lowest BCUT2D eigenvalue weighted by Crippen LogP contribution is -2.28. The zero-order chi connectivity index (χ0) is 13.5. The third-order valence-electron chi connectivity index (χ3n) is 3.30. The van der Waals surface area contributed by atoms with E-state index in [0.717, 1.165) is 25.7 Å². The van der Waals surface area contributed by atoms with Crippen LogP contribution in [0.1, 0.15) is 46.5 Å². The first-order valence-corrected chi connectivity index (χ1v) is 6.93. The van der Waals surface area contributed by atoms with E-state index in [1.807, 2.05) is 13.8 Å². The first-order valence-electron chi connectivity index (χ1n) is 6.93. The molecule has 1 saturated carbocycles. The van der Waals surface area contributed by atoms with Crippen LogP contribution < -0.4 is 0 Å². The van der Waals surface area contributed by atoms with Crippen LogP contribution in [0.4, 0.5) is 0 Å². The van der Waals surface area contributed by atoms with Crippen molar-refractivity contribution in [3.8, 4) is 0 Å². The zero-order valence-electron chi connectivity index (χ0n) is 11.6. The Labute approximate surface area is 109 Å². The van der Waals surface area contributed by atoms with E-state index in [-0.39, 0.29) is 23.8 Å². The standard InChI is InChI=1S/C14H24O4/c1-4-6-17-13(15)11-8-10(3)9-12(11)14(16)18-7-5-2/h10-12H,4-9H2,1-3H3. The monoisotopic (exact) mass is 256 g/mol. The Morgan fingerprint density at radius 3 is 1.67 bits per heavy atom. The quantitative estimate of drug-likeness (QED) is 0.685. The lowest BCUT2D eigenvalue weighted by Gasteiger charge is -2.17. The number of rotatable bonds is 6. The molecule has 1 aliphatic carbocycles. The minimum atomic E-state index is -0.309. The van der Waals surface area contributed by atoms with Gasteiger partial charge in [0.05, 0.1) is 25.0 Å². The van der Waals surface area contributed by atoms with E-state index in [4.69, 9.17) is 9.47 Å². The van der Waals surface area contributed by atoms with E-state index in [0.29, 0.717) is 19.1 Å². The molecule has 2 unspecified atom stereocenters. The van der Waals surface area contributed by atoms with Crippen molar-refractivity contribution in [1.29, 1.82) is 0 Å². The average Bonchev–Trinajstić information content (AvgIpc) is 2.75. The Bertz CT molecular complexity index is 260. The minimum absolute atomic E-state index is 0.236. The predicted molar refractivity (Wildman–Crippen MR) is 67.9 cm³/mol. The lowest BCUT2D eigenvalue weighted by atomic mass is 9.96. The van der Waals surface area contributed by atoms with E-state index in [2.05, 4.69) is 6.92 Å². The van der Waals surface area contributed by atoms with Gasteiger partial charge in [-0.3, -0.25) is 9.59 Å². The van der Waals surface area contributed by atoms with Crippen LogP contribution in [0, 0.1) is 17.8 Å². The second-order valence-electron chi connectivity index (χ2n) is 5.12. The van der Waals surface area contributed by atoms with Gasteiger partial charge in [-0.05, 0) is 31.6 Å². The molecule has 0 spiro atoms. The van der Waals surface area contributed by atoms with E-state index in [9.17, 15) is 9.59 Å². The van der Waals surface area contributed by atoms with Gasteiger partial charge in [0.2, 0.25) is 0 Å². The SMILES string of the molecule is CCCOC(=O)C1CC(C)CC1C(=O)OCCC. The van der Waals surface area contributed by atoms with Crippen LogP contribution in [-0.2, 0) is 19.1 Å². The molecule has 0 saturated heterocycles. The molecule has 0 aromatic heterocycles.